The molecule has 192 valence electrons. The van der Waals surface area contributed by atoms with E-state index in [0.29, 0.717) is 33.5 Å². The van der Waals surface area contributed by atoms with Crippen LogP contribution in [-0.4, -0.2) is 37.6 Å². The third-order valence-electron chi connectivity index (χ3n) is 5.64. The summed E-state index contributed by atoms with van der Waals surface area (Å²) in [6, 6.07) is 16.9. The number of rotatable bonds is 8. The molecule has 2 aromatic carbocycles. The van der Waals surface area contributed by atoms with E-state index in [1.807, 2.05) is 42.5 Å². The molecule has 1 aliphatic heterocycles. The van der Waals surface area contributed by atoms with E-state index in [0.717, 1.165) is 24.0 Å². The first-order valence-electron chi connectivity index (χ1n) is 11.5. The number of nitrogens with zero attached hydrogens (tertiary/aromatic N) is 1. The summed E-state index contributed by atoms with van der Waals surface area (Å²) in [6.45, 7) is 0.524. The molecule has 2 aliphatic rings. The van der Waals surface area contributed by atoms with Crippen LogP contribution in [0, 0.1) is 0 Å². The van der Waals surface area contributed by atoms with Gasteiger partial charge in [-0.3, -0.25) is 14.5 Å². The van der Waals surface area contributed by atoms with Gasteiger partial charge in [-0.15, -0.1) is 0 Å². The minimum Gasteiger partial charge on any atom is -0.466 e. The monoisotopic (exact) mass is 592 g/mol. The lowest BCUT2D eigenvalue weighted by Crippen LogP contribution is -2.48. The van der Waals surface area contributed by atoms with Gasteiger partial charge in [0.15, 0.2) is 0 Å². The molecule has 0 saturated carbocycles. The van der Waals surface area contributed by atoms with Gasteiger partial charge in [-0.2, -0.15) is 0 Å². The van der Waals surface area contributed by atoms with Crippen molar-refractivity contribution in [2.45, 2.75) is 29.3 Å². The number of ether oxygens (including phenoxy) is 1. The number of thioether (sulfide) groups is 1. The molecule has 1 fully saturated rings. The van der Waals surface area contributed by atoms with E-state index in [4.69, 9.17) is 51.8 Å². The Hall–Kier alpha value is -2.29. The number of hydrogen-bond acceptors (Lipinski definition) is 5. The highest BCUT2D eigenvalue weighted by molar-refractivity contribution is 8.26. The van der Waals surface area contributed by atoms with Crippen molar-refractivity contribution in [3.63, 3.8) is 0 Å². The summed E-state index contributed by atoms with van der Waals surface area (Å²) < 4.78 is 4.44. The van der Waals surface area contributed by atoms with Gasteiger partial charge in [0, 0.05) is 12.1 Å². The van der Waals surface area contributed by atoms with Gasteiger partial charge in [0.2, 0.25) is 15.9 Å². The van der Waals surface area contributed by atoms with Crippen molar-refractivity contribution >= 4 is 81.0 Å². The SMILES string of the molecule is O=C(NC(Oc1ccc(C=C2SC(=S)N(CCc3ccccc3)C2=O)cc1)C(Cl)(Cl)Cl)C1=CC=CCC1. The Morgan fingerprint density at radius 2 is 1.89 bits per heavy atom. The number of carbonyl (C=O) groups excluding carboxylic acids is 2. The van der Waals surface area contributed by atoms with Crippen molar-refractivity contribution in [2.75, 3.05) is 6.54 Å². The maximum absolute atomic E-state index is 12.9. The second-order valence-corrected chi connectivity index (χ2v) is 12.4. The summed E-state index contributed by atoms with van der Waals surface area (Å²) in [5.74, 6) is -0.0783. The number of thiocarbonyl (C=S) groups is 1. The number of amides is 2. The number of nitrogens with one attached hydrogen (secondary N) is 1. The van der Waals surface area contributed by atoms with Crippen LogP contribution in [0.25, 0.3) is 6.08 Å². The molecule has 0 aromatic heterocycles. The van der Waals surface area contributed by atoms with Crippen molar-refractivity contribution in [3.8, 4) is 5.75 Å². The van der Waals surface area contributed by atoms with Crippen molar-refractivity contribution in [1.29, 1.82) is 0 Å². The van der Waals surface area contributed by atoms with Crippen LogP contribution in [0.1, 0.15) is 24.0 Å². The molecule has 2 amide bonds. The Morgan fingerprint density at radius 3 is 2.54 bits per heavy atom. The number of allylic oxidation sites excluding steroid dienone is 3. The van der Waals surface area contributed by atoms with Gasteiger partial charge in [0.05, 0.1) is 4.91 Å². The Labute approximate surface area is 240 Å². The maximum Gasteiger partial charge on any atom is 0.266 e. The summed E-state index contributed by atoms with van der Waals surface area (Å²) in [5.41, 5.74) is 2.51. The molecule has 1 N–H and O–H groups in total. The van der Waals surface area contributed by atoms with Crippen LogP contribution in [-0.2, 0) is 16.0 Å². The first-order chi connectivity index (χ1) is 17.7. The van der Waals surface area contributed by atoms with Crippen LogP contribution in [0.15, 0.2) is 83.3 Å². The highest BCUT2D eigenvalue weighted by Gasteiger charge is 2.37. The van der Waals surface area contributed by atoms with Gasteiger partial charge in [-0.05, 0) is 48.6 Å². The van der Waals surface area contributed by atoms with E-state index in [9.17, 15) is 9.59 Å². The molecule has 1 heterocycles. The van der Waals surface area contributed by atoms with Gasteiger partial charge >= 0.3 is 0 Å². The predicted octanol–water partition coefficient (Wildman–Crippen LogP) is 6.60. The fraction of sp³-hybridized carbons (Fsp3) is 0.222. The number of benzene rings is 2. The maximum atomic E-state index is 12.9. The Kier molecular flexibility index (Phi) is 9.37. The molecule has 2 aromatic rings. The van der Waals surface area contributed by atoms with Gasteiger partial charge in [0.1, 0.15) is 10.1 Å². The average Bonchev–Trinajstić information content (AvgIpc) is 3.15. The fourth-order valence-electron chi connectivity index (χ4n) is 3.69. The van der Waals surface area contributed by atoms with Gasteiger partial charge in [0.25, 0.3) is 5.91 Å². The number of hydrogen-bond donors (Lipinski definition) is 1. The molecule has 1 unspecified atom stereocenters. The molecule has 0 spiro atoms. The van der Waals surface area contributed by atoms with Gasteiger partial charge < -0.3 is 10.1 Å². The standard InChI is InChI=1S/C27H23Cl3N2O3S2/c28-27(29,30)25(31-23(33)20-9-5-2-6-10-20)35-21-13-11-19(12-14-21)17-22-24(34)32(26(36)37-22)16-15-18-7-3-1-4-8-18/h1-5,7-9,11-14,17,25H,6,10,15-16H2,(H,31,33). The second-order valence-electron chi connectivity index (χ2n) is 8.31. The molecular weight excluding hydrogens is 571 g/mol. The van der Waals surface area contributed by atoms with Crippen LogP contribution < -0.4 is 10.1 Å². The zero-order valence-electron chi connectivity index (χ0n) is 19.5. The van der Waals surface area contributed by atoms with Gasteiger partial charge in [-0.1, -0.05) is 119 Å². The lowest BCUT2D eigenvalue weighted by Gasteiger charge is -2.27. The van der Waals surface area contributed by atoms with Crippen LogP contribution in [0.4, 0.5) is 0 Å². The topological polar surface area (TPSA) is 58.6 Å². The highest BCUT2D eigenvalue weighted by atomic mass is 35.6. The Bertz CT molecular complexity index is 1260. The van der Waals surface area contributed by atoms with Crippen LogP contribution in [0.5, 0.6) is 5.75 Å². The number of carbonyl (C=O) groups is 2. The highest BCUT2D eigenvalue weighted by Crippen LogP contribution is 2.34. The first-order valence-corrected chi connectivity index (χ1v) is 13.9. The molecule has 10 heteroatoms. The van der Waals surface area contributed by atoms with Crippen molar-refractivity contribution in [2.24, 2.45) is 0 Å². The first kappa shape index (κ1) is 27.7. The summed E-state index contributed by atoms with van der Waals surface area (Å²) >= 11 is 24.9. The lowest BCUT2D eigenvalue weighted by molar-refractivity contribution is -0.122. The minimum absolute atomic E-state index is 0.114. The molecule has 5 nitrogen and oxygen atoms in total. The number of halogens is 3. The minimum atomic E-state index is -1.90. The molecule has 1 aliphatic carbocycles. The Balaban J connectivity index is 1.39. The molecule has 0 radical (unpaired) electrons. The van der Waals surface area contributed by atoms with E-state index in [1.165, 1.54) is 11.8 Å². The molecule has 1 atom stereocenters. The summed E-state index contributed by atoms with van der Waals surface area (Å²) in [7, 11) is 0. The largest absolute Gasteiger partial charge is 0.466 e. The third-order valence-corrected chi connectivity index (χ3v) is 7.61. The molecule has 0 bridgehead atoms. The zero-order valence-corrected chi connectivity index (χ0v) is 23.4. The van der Waals surface area contributed by atoms with Crippen LogP contribution >= 0.6 is 58.8 Å². The zero-order chi connectivity index (χ0) is 26.4. The summed E-state index contributed by atoms with van der Waals surface area (Å²) in [6.07, 6.45) is 8.19. The van der Waals surface area contributed by atoms with E-state index >= 15 is 0 Å². The molecule has 4 rings (SSSR count). The third kappa shape index (κ3) is 7.62. The summed E-state index contributed by atoms with van der Waals surface area (Å²) in [4.78, 5) is 27.7. The van der Waals surface area contributed by atoms with Gasteiger partial charge in [-0.25, -0.2) is 0 Å². The fourth-order valence-corrected chi connectivity index (χ4v) is 5.30. The van der Waals surface area contributed by atoms with E-state index in [-0.39, 0.29) is 11.8 Å². The lowest BCUT2D eigenvalue weighted by atomic mass is 10.0. The van der Waals surface area contributed by atoms with Crippen molar-refractivity contribution < 1.29 is 14.3 Å². The molecule has 37 heavy (non-hydrogen) atoms. The van der Waals surface area contributed by atoms with Crippen LogP contribution in [0.3, 0.4) is 0 Å². The van der Waals surface area contributed by atoms with E-state index in [1.54, 1.807) is 41.3 Å². The smallest absolute Gasteiger partial charge is 0.266 e. The van der Waals surface area contributed by atoms with E-state index in [2.05, 4.69) is 5.32 Å². The second kappa shape index (κ2) is 12.5. The van der Waals surface area contributed by atoms with Crippen molar-refractivity contribution in [3.05, 3.63) is 94.4 Å². The average molecular weight is 594 g/mol. The Morgan fingerprint density at radius 1 is 1.16 bits per heavy atom. The van der Waals surface area contributed by atoms with Crippen LogP contribution in [0.2, 0.25) is 0 Å². The van der Waals surface area contributed by atoms with E-state index < -0.39 is 10.0 Å². The molecular formula is C27H23Cl3N2O3S2. The predicted molar refractivity (Wildman–Crippen MR) is 156 cm³/mol. The molecule has 1 saturated heterocycles. The normalized spacial score (nSPS) is 17.6. The number of alkyl halides is 3. The van der Waals surface area contributed by atoms with Crippen molar-refractivity contribution in [1.82, 2.24) is 10.2 Å². The quantitative estimate of drug-likeness (QED) is 0.162. The summed E-state index contributed by atoms with van der Waals surface area (Å²) in [5, 5.41) is 2.65.